The molecule has 2 N–H and O–H groups in total. The highest BCUT2D eigenvalue weighted by atomic mass is 16.5. The summed E-state index contributed by atoms with van der Waals surface area (Å²) in [7, 11) is 2.63. The number of nitrogens with zero attached hydrogens (tertiary/aromatic N) is 1. The average Bonchev–Trinajstić information content (AvgIpc) is 2.99. The summed E-state index contributed by atoms with van der Waals surface area (Å²) >= 11 is 0. The van der Waals surface area contributed by atoms with E-state index in [0.717, 1.165) is 0 Å². The van der Waals surface area contributed by atoms with E-state index in [4.69, 9.17) is 9.47 Å². The lowest BCUT2D eigenvalue weighted by Crippen LogP contribution is -2.43. The van der Waals surface area contributed by atoms with Crippen molar-refractivity contribution in [2.45, 2.75) is 19.6 Å². The minimum absolute atomic E-state index is 0.213. The molecule has 0 aliphatic rings. The second-order valence-electron chi connectivity index (χ2n) is 5.38. The van der Waals surface area contributed by atoms with Gasteiger partial charge in [-0.05, 0) is 13.0 Å². The average molecular weight is 361 g/mol. The topological polar surface area (TPSA) is 116 Å². The molecule has 26 heavy (non-hydrogen) atoms. The lowest BCUT2D eigenvalue weighted by Gasteiger charge is -2.13. The van der Waals surface area contributed by atoms with Crippen LogP contribution in [0.2, 0.25) is 0 Å². The first kappa shape index (κ1) is 19.0. The molecular weight excluding hydrogens is 342 g/mol. The first-order chi connectivity index (χ1) is 12.4. The molecule has 1 aromatic carbocycles. The number of hydrogen-bond acceptors (Lipinski definition) is 6. The van der Waals surface area contributed by atoms with Crippen molar-refractivity contribution in [3.8, 4) is 0 Å². The van der Waals surface area contributed by atoms with E-state index in [0.29, 0.717) is 16.5 Å². The molecule has 0 aliphatic heterocycles. The highest BCUT2D eigenvalue weighted by molar-refractivity contribution is 6.04. The Morgan fingerprint density at radius 3 is 2.54 bits per heavy atom. The summed E-state index contributed by atoms with van der Waals surface area (Å²) in [5, 5.41) is 4.88. The Morgan fingerprint density at radius 1 is 1.19 bits per heavy atom. The molecule has 0 spiro atoms. The van der Waals surface area contributed by atoms with Crippen molar-refractivity contribution in [1.82, 2.24) is 15.2 Å². The molecule has 1 aromatic heterocycles. The minimum Gasteiger partial charge on any atom is -0.465 e. The van der Waals surface area contributed by atoms with Gasteiger partial charge >= 0.3 is 18.0 Å². The zero-order chi connectivity index (χ0) is 19.3. The molecule has 1 atom stereocenters. The number of imide groups is 1. The maximum absolute atomic E-state index is 12.1. The number of rotatable bonds is 5. The maximum Gasteiger partial charge on any atom is 0.340 e. The molecule has 9 nitrogen and oxygen atoms in total. The molecule has 0 bridgehead atoms. The lowest BCUT2D eigenvalue weighted by molar-refractivity contribution is -0.155. The van der Waals surface area contributed by atoms with E-state index in [1.165, 1.54) is 31.8 Å². The SMILES string of the molecule is CNC(=O)NC(=O)[C@@H](C)OC(=O)Cn1cc(C(=O)OC)c2ccccc21. The fourth-order valence-electron chi connectivity index (χ4n) is 2.35. The largest absolute Gasteiger partial charge is 0.465 e. The maximum atomic E-state index is 12.1. The van der Waals surface area contributed by atoms with Crippen molar-refractivity contribution in [2.24, 2.45) is 0 Å². The van der Waals surface area contributed by atoms with Gasteiger partial charge in [-0.1, -0.05) is 18.2 Å². The Kier molecular flexibility index (Phi) is 5.94. The van der Waals surface area contributed by atoms with E-state index < -0.39 is 30.0 Å². The van der Waals surface area contributed by atoms with Gasteiger partial charge in [0.25, 0.3) is 5.91 Å². The third-order valence-corrected chi connectivity index (χ3v) is 3.63. The Bertz CT molecular complexity index is 857. The molecule has 0 fully saturated rings. The number of amides is 3. The predicted molar refractivity (Wildman–Crippen MR) is 91.4 cm³/mol. The van der Waals surface area contributed by atoms with Gasteiger partial charge in [0.15, 0.2) is 6.10 Å². The van der Waals surface area contributed by atoms with Crippen molar-refractivity contribution in [3.05, 3.63) is 36.0 Å². The first-order valence-electron chi connectivity index (χ1n) is 7.75. The quantitative estimate of drug-likeness (QED) is 0.762. The van der Waals surface area contributed by atoms with Gasteiger partial charge in [0, 0.05) is 24.1 Å². The number of para-hydroxylation sites is 1. The number of ether oxygens (including phenoxy) is 2. The molecule has 9 heteroatoms. The number of urea groups is 1. The fourth-order valence-corrected chi connectivity index (χ4v) is 2.35. The Morgan fingerprint density at radius 2 is 1.88 bits per heavy atom. The second kappa shape index (κ2) is 8.15. The molecule has 0 radical (unpaired) electrons. The van der Waals surface area contributed by atoms with E-state index in [1.54, 1.807) is 24.3 Å². The van der Waals surface area contributed by atoms with Gasteiger partial charge in [-0.3, -0.25) is 14.9 Å². The zero-order valence-corrected chi connectivity index (χ0v) is 14.6. The van der Waals surface area contributed by atoms with Crippen molar-refractivity contribution >= 4 is 34.8 Å². The van der Waals surface area contributed by atoms with Gasteiger partial charge in [-0.2, -0.15) is 0 Å². The first-order valence-corrected chi connectivity index (χ1v) is 7.75. The predicted octanol–water partition coefficient (Wildman–Crippen LogP) is 0.815. The van der Waals surface area contributed by atoms with Crippen molar-refractivity contribution in [2.75, 3.05) is 14.2 Å². The van der Waals surface area contributed by atoms with E-state index in [9.17, 15) is 19.2 Å². The number of carbonyl (C=O) groups is 4. The number of aromatic nitrogens is 1. The van der Waals surface area contributed by atoms with E-state index in [1.807, 2.05) is 5.32 Å². The van der Waals surface area contributed by atoms with Gasteiger partial charge in [-0.15, -0.1) is 0 Å². The monoisotopic (exact) mass is 361 g/mol. The van der Waals surface area contributed by atoms with E-state index in [2.05, 4.69) is 5.32 Å². The Hall–Kier alpha value is -3.36. The number of esters is 2. The van der Waals surface area contributed by atoms with Crippen LogP contribution in [0.15, 0.2) is 30.5 Å². The van der Waals surface area contributed by atoms with Gasteiger partial charge in [0.1, 0.15) is 6.54 Å². The van der Waals surface area contributed by atoms with Crippen molar-refractivity contribution in [3.63, 3.8) is 0 Å². The van der Waals surface area contributed by atoms with Crippen LogP contribution in [0, 0.1) is 0 Å². The van der Waals surface area contributed by atoms with Crippen LogP contribution in [0.1, 0.15) is 17.3 Å². The summed E-state index contributed by atoms with van der Waals surface area (Å²) in [6, 6.07) is 6.32. The number of hydrogen-bond donors (Lipinski definition) is 2. The number of carbonyl (C=O) groups excluding carboxylic acids is 4. The summed E-state index contributed by atoms with van der Waals surface area (Å²) in [4.78, 5) is 46.9. The number of benzene rings is 1. The molecule has 0 aliphatic carbocycles. The second-order valence-corrected chi connectivity index (χ2v) is 5.38. The van der Waals surface area contributed by atoms with Gasteiger partial charge in [-0.25, -0.2) is 9.59 Å². The molecule has 1 heterocycles. The Labute approximate surface area is 149 Å². The van der Waals surface area contributed by atoms with Crippen LogP contribution in [0.5, 0.6) is 0 Å². The highest BCUT2D eigenvalue weighted by Gasteiger charge is 2.21. The smallest absolute Gasteiger partial charge is 0.340 e. The van der Waals surface area contributed by atoms with Gasteiger partial charge in [0.05, 0.1) is 12.7 Å². The number of fused-ring (bicyclic) bond motifs is 1. The standard InChI is InChI=1S/C17H19N3O6/c1-10(15(22)19-17(24)18-2)26-14(21)9-20-8-12(16(23)25-3)11-6-4-5-7-13(11)20/h4-8,10H,9H2,1-3H3,(H2,18,19,22,24)/t10-/m1/s1. The third-order valence-electron chi connectivity index (χ3n) is 3.63. The summed E-state index contributed by atoms with van der Waals surface area (Å²) in [5.41, 5.74) is 0.966. The fraction of sp³-hybridized carbons (Fsp3) is 0.294. The number of nitrogens with one attached hydrogen (secondary N) is 2. The molecule has 138 valence electrons. The van der Waals surface area contributed by atoms with Gasteiger partial charge in [0.2, 0.25) is 0 Å². The minimum atomic E-state index is -1.15. The highest BCUT2D eigenvalue weighted by Crippen LogP contribution is 2.22. The Balaban J connectivity index is 2.13. The molecule has 3 amide bonds. The third kappa shape index (κ3) is 4.18. The summed E-state index contributed by atoms with van der Waals surface area (Å²) in [6.45, 7) is 1.14. The van der Waals surface area contributed by atoms with Crippen LogP contribution in [-0.2, 0) is 25.6 Å². The van der Waals surface area contributed by atoms with E-state index in [-0.39, 0.29) is 6.54 Å². The molecule has 0 saturated carbocycles. The van der Waals surface area contributed by atoms with Crippen LogP contribution >= 0.6 is 0 Å². The van der Waals surface area contributed by atoms with Crippen molar-refractivity contribution < 1.29 is 28.7 Å². The van der Waals surface area contributed by atoms with Crippen molar-refractivity contribution in [1.29, 1.82) is 0 Å². The summed E-state index contributed by atoms with van der Waals surface area (Å²) in [5.74, 6) is -1.96. The summed E-state index contributed by atoms with van der Waals surface area (Å²) in [6.07, 6.45) is 0.342. The molecule has 2 aromatic rings. The van der Waals surface area contributed by atoms with E-state index >= 15 is 0 Å². The normalized spacial score (nSPS) is 11.5. The number of methoxy groups -OCH3 is 1. The molecule has 2 rings (SSSR count). The zero-order valence-electron chi connectivity index (χ0n) is 14.6. The van der Waals surface area contributed by atoms with Crippen LogP contribution in [0.25, 0.3) is 10.9 Å². The van der Waals surface area contributed by atoms with Gasteiger partial charge < -0.3 is 19.4 Å². The summed E-state index contributed by atoms with van der Waals surface area (Å²) < 4.78 is 11.3. The lowest BCUT2D eigenvalue weighted by atomic mass is 10.2. The molecular formula is C17H19N3O6. The van der Waals surface area contributed by atoms with Crippen LogP contribution in [0.4, 0.5) is 4.79 Å². The molecule has 0 saturated heterocycles. The van der Waals surface area contributed by atoms with Crippen LogP contribution < -0.4 is 10.6 Å². The molecule has 0 unspecified atom stereocenters. The van der Waals surface area contributed by atoms with Crippen LogP contribution in [0.3, 0.4) is 0 Å². The van der Waals surface area contributed by atoms with Crippen LogP contribution in [-0.4, -0.2) is 48.7 Å².